The first kappa shape index (κ1) is 14.2. The lowest BCUT2D eigenvalue weighted by molar-refractivity contribution is -0.135. The molecule has 7 nitrogen and oxygen atoms in total. The fourth-order valence-electron chi connectivity index (χ4n) is 1.91. The van der Waals surface area contributed by atoms with Gasteiger partial charge in [-0.15, -0.1) is 0 Å². The average Bonchev–Trinajstić information content (AvgIpc) is 3.19. The van der Waals surface area contributed by atoms with Crippen LogP contribution in [0.25, 0.3) is 0 Å². The minimum Gasteiger partial charge on any atom is -0.480 e. The van der Waals surface area contributed by atoms with Gasteiger partial charge in [-0.1, -0.05) is 0 Å². The number of carbonyl (C=O) groups excluding carboxylic acids is 1. The van der Waals surface area contributed by atoms with Crippen molar-refractivity contribution in [3.05, 3.63) is 17.6 Å². The van der Waals surface area contributed by atoms with E-state index in [-0.39, 0.29) is 12.4 Å². The van der Waals surface area contributed by atoms with Crippen LogP contribution in [0.2, 0.25) is 0 Å². The molecule has 1 fully saturated rings. The van der Waals surface area contributed by atoms with Crippen molar-refractivity contribution in [3.8, 4) is 0 Å². The number of hydrogen-bond acceptors (Lipinski definition) is 6. The lowest BCUT2D eigenvalue weighted by Crippen LogP contribution is -2.33. The van der Waals surface area contributed by atoms with Gasteiger partial charge in [-0.2, -0.15) is 0 Å². The second kappa shape index (κ2) is 5.85. The molecular formula is C13H17N3O4. The molecule has 1 N–H and O–H groups in total. The van der Waals surface area contributed by atoms with Crippen molar-refractivity contribution < 1.29 is 19.4 Å². The second-order valence-corrected chi connectivity index (χ2v) is 4.90. The Kier molecular flexibility index (Phi) is 4.16. The molecule has 1 heterocycles. The molecule has 0 saturated heterocycles. The molecule has 0 bridgehead atoms. The number of hydrogen-bond donors (Lipinski definition) is 1. The molecular weight excluding hydrogens is 262 g/mol. The number of carboxylic acids is 1. The first-order chi connectivity index (χ1) is 9.49. The second-order valence-electron chi connectivity index (χ2n) is 4.90. The van der Waals surface area contributed by atoms with Crippen LogP contribution in [-0.4, -0.2) is 47.2 Å². The van der Waals surface area contributed by atoms with Crippen molar-refractivity contribution in [1.82, 2.24) is 9.97 Å². The van der Waals surface area contributed by atoms with Gasteiger partial charge in [0.15, 0.2) is 0 Å². The highest BCUT2D eigenvalue weighted by atomic mass is 16.5. The molecule has 0 radical (unpaired) electrons. The van der Waals surface area contributed by atoms with Crippen molar-refractivity contribution in [2.75, 3.05) is 25.1 Å². The number of aromatic nitrogens is 2. The monoisotopic (exact) mass is 279 g/mol. The summed E-state index contributed by atoms with van der Waals surface area (Å²) in [5.41, 5.74) is 0.599. The summed E-state index contributed by atoms with van der Waals surface area (Å²) in [5, 5.41) is 9.00. The molecule has 0 unspecified atom stereocenters. The maximum absolute atomic E-state index is 11.5. The Morgan fingerprint density at radius 3 is 2.70 bits per heavy atom. The summed E-state index contributed by atoms with van der Waals surface area (Å²) in [7, 11) is 1.26. The van der Waals surface area contributed by atoms with E-state index >= 15 is 0 Å². The van der Waals surface area contributed by atoms with Gasteiger partial charge in [0, 0.05) is 18.3 Å². The highest BCUT2D eigenvalue weighted by Gasteiger charge is 2.27. The number of esters is 1. The quantitative estimate of drug-likeness (QED) is 0.772. The predicted molar refractivity (Wildman–Crippen MR) is 70.7 cm³/mol. The summed E-state index contributed by atoms with van der Waals surface area (Å²) in [4.78, 5) is 32.3. The van der Waals surface area contributed by atoms with Crippen molar-refractivity contribution in [2.45, 2.75) is 19.8 Å². The predicted octanol–water partition coefficient (Wildman–Crippen LogP) is 0.873. The number of aryl methyl sites for hydroxylation is 1. The number of anilines is 1. The smallest absolute Gasteiger partial charge is 0.376 e. The SMILES string of the molecule is COC(=O)c1nc(C)cc(N(CC(=O)O)CC2CC2)n1. The zero-order valence-electron chi connectivity index (χ0n) is 11.5. The van der Waals surface area contributed by atoms with E-state index in [1.165, 1.54) is 7.11 Å². The van der Waals surface area contributed by atoms with E-state index in [9.17, 15) is 9.59 Å². The third kappa shape index (κ3) is 3.66. The van der Waals surface area contributed by atoms with E-state index in [0.29, 0.717) is 24.0 Å². The highest BCUT2D eigenvalue weighted by molar-refractivity contribution is 5.85. The largest absolute Gasteiger partial charge is 0.480 e. The zero-order valence-corrected chi connectivity index (χ0v) is 11.5. The van der Waals surface area contributed by atoms with Crippen LogP contribution in [0, 0.1) is 12.8 Å². The summed E-state index contributed by atoms with van der Waals surface area (Å²) in [6.07, 6.45) is 2.20. The van der Waals surface area contributed by atoms with Gasteiger partial charge < -0.3 is 14.7 Å². The molecule has 0 aromatic carbocycles. The Labute approximate surface area is 116 Å². The van der Waals surface area contributed by atoms with Crippen LogP contribution >= 0.6 is 0 Å². The van der Waals surface area contributed by atoms with E-state index in [4.69, 9.17) is 5.11 Å². The average molecular weight is 279 g/mol. The first-order valence-corrected chi connectivity index (χ1v) is 6.40. The van der Waals surface area contributed by atoms with Crippen molar-refractivity contribution >= 4 is 17.8 Å². The van der Waals surface area contributed by atoms with Gasteiger partial charge in [0.05, 0.1) is 7.11 Å². The van der Waals surface area contributed by atoms with E-state index in [1.54, 1.807) is 17.9 Å². The zero-order chi connectivity index (χ0) is 14.7. The van der Waals surface area contributed by atoms with Crippen LogP contribution in [0.4, 0.5) is 5.82 Å². The molecule has 1 aromatic heterocycles. The molecule has 1 aromatic rings. The van der Waals surface area contributed by atoms with Crippen LogP contribution in [0.1, 0.15) is 29.2 Å². The summed E-state index contributed by atoms with van der Waals surface area (Å²) < 4.78 is 4.60. The number of nitrogens with zero attached hydrogens (tertiary/aromatic N) is 3. The minimum absolute atomic E-state index is 0.0475. The molecule has 7 heteroatoms. The molecule has 0 atom stereocenters. The Morgan fingerprint density at radius 2 is 2.15 bits per heavy atom. The first-order valence-electron chi connectivity index (χ1n) is 6.40. The Bertz CT molecular complexity index is 528. The third-order valence-electron chi connectivity index (χ3n) is 3.03. The molecule has 108 valence electrons. The number of aliphatic carboxylic acids is 1. The van der Waals surface area contributed by atoms with E-state index in [2.05, 4.69) is 14.7 Å². The molecule has 0 aliphatic heterocycles. The minimum atomic E-state index is -0.929. The van der Waals surface area contributed by atoms with Gasteiger partial charge in [0.2, 0.25) is 5.82 Å². The van der Waals surface area contributed by atoms with Crippen LogP contribution in [0.15, 0.2) is 6.07 Å². The Morgan fingerprint density at radius 1 is 1.45 bits per heavy atom. The van der Waals surface area contributed by atoms with Crippen LogP contribution in [-0.2, 0) is 9.53 Å². The number of carbonyl (C=O) groups is 2. The number of carboxylic acid groups (broad SMARTS) is 1. The lowest BCUT2D eigenvalue weighted by atomic mass is 10.3. The lowest BCUT2D eigenvalue weighted by Gasteiger charge is -2.22. The number of ether oxygens (including phenoxy) is 1. The van der Waals surface area contributed by atoms with Crippen molar-refractivity contribution in [1.29, 1.82) is 0 Å². The maximum Gasteiger partial charge on any atom is 0.376 e. The van der Waals surface area contributed by atoms with Crippen LogP contribution in [0.3, 0.4) is 0 Å². The molecule has 20 heavy (non-hydrogen) atoms. The Hall–Kier alpha value is -2.18. The summed E-state index contributed by atoms with van der Waals surface area (Å²) in [5.74, 6) is -0.648. The fourth-order valence-corrected chi connectivity index (χ4v) is 1.91. The summed E-state index contributed by atoms with van der Waals surface area (Å²) in [6.45, 7) is 2.21. The molecule has 1 aliphatic rings. The van der Waals surface area contributed by atoms with Gasteiger partial charge in [-0.3, -0.25) is 4.79 Å². The molecule has 1 saturated carbocycles. The standard InChI is InChI=1S/C13H17N3O4/c1-8-5-10(15-12(14-8)13(19)20-2)16(7-11(17)18)6-9-3-4-9/h5,9H,3-4,6-7H2,1-2H3,(H,17,18). The van der Waals surface area contributed by atoms with Gasteiger partial charge in [-0.25, -0.2) is 14.8 Å². The molecule has 0 amide bonds. The summed E-state index contributed by atoms with van der Waals surface area (Å²) >= 11 is 0. The Balaban J connectivity index is 2.28. The third-order valence-corrected chi connectivity index (χ3v) is 3.03. The fraction of sp³-hybridized carbons (Fsp3) is 0.538. The normalized spacial score (nSPS) is 13.9. The molecule has 2 rings (SSSR count). The highest BCUT2D eigenvalue weighted by Crippen LogP contribution is 2.31. The summed E-state index contributed by atoms with van der Waals surface area (Å²) in [6, 6.07) is 1.68. The van der Waals surface area contributed by atoms with Crippen LogP contribution < -0.4 is 4.90 Å². The van der Waals surface area contributed by atoms with Crippen LogP contribution in [0.5, 0.6) is 0 Å². The van der Waals surface area contributed by atoms with Gasteiger partial charge in [0.25, 0.3) is 0 Å². The van der Waals surface area contributed by atoms with Gasteiger partial charge in [0.1, 0.15) is 12.4 Å². The maximum atomic E-state index is 11.5. The molecule has 1 aliphatic carbocycles. The number of methoxy groups -OCH3 is 1. The van der Waals surface area contributed by atoms with Gasteiger partial charge >= 0.3 is 11.9 Å². The topological polar surface area (TPSA) is 92.6 Å². The van der Waals surface area contributed by atoms with Crippen molar-refractivity contribution in [3.63, 3.8) is 0 Å². The molecule has 0 spiro atoms. The van der Waals surface area contributed by atoms with E-state index < -0.39 is 11.9 Å². The number of rotatable bonds is 6. The van der Waals surface area contributed by atoms with Gasteiger partial charge in [-0.05, 0) is 25.7 Å². The van der Waals surface area contributed by atoms with E-state index in [1.807, 2.05) is 0 Å². The van der Waals surface area contributed by atoms with Crippen molar-refractivity contribution in [2.24, 2.45) is 5.92 Å². The van der Waals surface area contributed by atoms with E-state index in [0.717, 1.165) is 12.8 Å².